The number of halogens is 1. The second-order valence-corrected chi connectivity index (χ2v) is 4.26. The molecule has 5 heteroatoms. The monoisotopic (exact) mass is 260 g/mol. The number of aryl methyl sites for hydroxylation is 1. The molecule has 0 aliphatic heterocycles. The highest BCUT2D eigenvalue weighted by molar-refractivity contribution is 5.50. The van der Waals surface area contributed by atoms with Crippen LogP contribution < -0.4 is 5.32 Å². The van der Waals surface area contributed by atoms with Crippen molar-refractivity contribution in [3.05, 3.63) is 69.5 Å². The van der Waals surface area contributed by atoms with E-state index in [1.165, 1.54) is 12.1 Å². The molecular formula is C14H13FN2O2. The van der Waals surface area contributed by atoms with Crippen molar-refractivity contribution in [2.24, 2.45) is 0 Å². The second-order valence-electron chi connectivity index (χ2n) is 4.26. The van der Waals surface area contributed by atoms with Crippen molar-refractivity contribution in [3.63, 3.8) is 0 Å². The maximum atomic E-state index is 13.6. The minimum Gasteiger partial charge on any atom is -0.379 e. The minimum absolute atomic E-state index is 0.251. The zero-order chi connectivity index (χ0) is 13.8. The Kier molecular flexibility index (Phi) is 3.75. The fraction of sp³-hybridized carbons (Fsp3) is 0.143. The fourth-order valence-corrected chi connectivity index (χ4v) is 1.78. The molecule has 0 aliphatic carbocycles. The van der Waals surface area contributed by atoms with Gasteiger partial charge in [0, 0.05) is 12.6 Å². The van der Waals surface area contributed by atoms with Gasteiger partial charge in [-0.25, -0.2) is 4.39 Å². The van der Waals surface area contributed by atoms with E-state index in [2.05, 4.69) is 5.32 Å². The molecule has 0 radical (unpaired) electrons. The van der Waals surface area contributed by atoms with Gasteiger partial charge in [-0.3, -0.25) is 10.1 Å². The molecular weight excluding hydrogens is 247 g/mol. The lowest BCUT2D eigenvalue weighted by Gasteiger charge is -2.08. The van der Waals surface area contributed by atoms with Crippen molar-refractivity contribution in [2.45, 2.75) is 13.5 Å². The topological polar surface area (TPSA) is 55.2 Å². The molecule has 1 N–H and O–H groups in total. The number of nitrogens with one attached hydrogen (secondary N) is 1. The number of nitro groups is 1. The molecule has 2 rings (SSSR count). The van der Waals surface area contributed by atoms with E-state index in [4.69, 9.17) is 0 Å². The zero-order valence-corrected chi connectivity index (χ0v) is 10.4. The van der Waals surface area contributed by atoms with Gasteiger partial charge in [0.2, 0.25) is 0 Å². The second kappa shape index (κ2) is 5.48. The lowest BCUT2D eigenvalue weighted by atomic mass is 10.1. The van der Waals surface area contributed by atoms with Gasteiger partial charge in [-0.1, -0.05) is 29.8 Å². The first-order chi connectivity index (χ1) is 9.06. The van der Waals surface area contributed by atoms with Gasteiger partial charge in [0.1, 0.15) is 0 Å². The number of non-ortho nitro benzene ring substituents is 1. The van der Waals surface area contributed by atoms with E-state index in [1.807, 2.05) is 31.2 Å². The van der Waals surface area contributed by atoms with E-state index in [1.54, 1.807) is 0 Å². The summed E-state index contributed by atoms with van der Waals surface area (Å²) in [6, 6.07) is 11.4. The summed E-state index contributed by atoms with van der Waals surface area (Å²) >= 11 is 0. The summed E-state index contributed by atoms with van der Waals surface area (Å²) in [6.07, 6.45) is 0. The van der Waals surface area contributed by atoms with Gasteiger partial charge in [-0.15, -0.1) is 0 Å². The van der Waals surface area contributed by atoms with Crippen LogP contribution in [0.2, 0.25) is 0 Å². The highest BCUT2D eigenvalue weighted by Crippen LogP contribution is 2.21. The number of hydrogen-bond donors (Lipinski definition) is 1. The molecule has 2 aromatic carbocycles. The van der Waals surface area contributed by atoms with Crippen molar-refractivity contribution in [2.75, 3.05) is 5.32 Å². The standard InChI is InChI=1S/C14H13FN2O2/c1-10-3-2-4-11(7-10)9-16-14-6-5-12(17(18)19)8-13(14)15/h2-8,16H,9H2,1H3. The molecule has 0 bridgehead atoms. The van der Waals surface area contributed by atoms with Crippen LogP contribution in [-0.2, 0) is 6.54 Å². The molecule has 98 valence electrons. The number of nitrogens with zero attached hydrogens (tertiary/aromatic N) is 1. The van der Waals surface area contributed by atoms with Crippen LogP contribution in [0.4, 0.5) is 15.8 Å². The third kappa shape index (κ3) is 3.28. The van der Waals surface area contributed by atoms with Crippen LogP contribution >= 0.6 is 0 Å². The molecule has 0 saturated heterocycles. The Morgan fingerprint density at radius 1 is 1.26 bits per heavy atom. The molecule has 19 heavy (non-hydrogen) atoms. The Bertz CT molecular complexity index is 614. The third-order valence-corrected chi connectivity index (χ3v) is 2.73. The van der Waals surface area contributed by atoms with Gasteiger partial charge in [-0.2, -0.15) is 0 Å². The first-order valence-electron chi connectivity index (χ1n) is 5.79. The largest absolute Gasteiger partial charge is 0.379 e. The highest BCUT2D eigenvalue weighted by atomic mass is 19.1. The van der Waals surface area contributed by atoms with Crippen molar-refractivity contribution in [3.8, 4) is 0 Å². The smallest absolute Gasteiger partial charge is 0.272 e. The van der Waals surface area contributed by atoms with E-state index in [-0.39, 0.29) is 11.4 Å². The Labute approximate surface area is 110 Å². The summed E-state index contributed by atoms with van der Waals surface area (Å²) in [7, 11) is 0. The van der Waals surface area contributed by atoms with Gasteiger partial charge >= 0.3 is 0 Å². The van der Waals surface area contributed by atoms with Gasteiger partial charge in [-0.05, 0) is 18.6 Å². The van der Waals surface area contributed by atoms with Crippen LogP contribution in [0.25, 0.3) is 0 Å². The highest BCUT2D eigenvalue weighted by Gasteiger charge is 2.10. The predicted octanol–water partition coefficient (Wildman–Crippen LogP) is 3.65. The van der Waals surface area contributed by atoms with Gasteiger partial charge in [0.05, 0.1) is 16.7 Å². The van der Waals surface area contributed by atoms with E-state index in [9.17, 15) is 14.5 Å². The van der Waals surface area contributed by atoms with Crippen molar-refractivity contribution in [1.82, 2.24) is 0 Å². The number of rotatable bonds is 4. The molecule has 4 nitrogen and oxygen atoms in total. The summed E-state index contributed by atoms with van der Waals surface area (Å²) in [5.41, 5.74) is 2.16. The average molecular weight is 260 g/mol. The quantitative estimate of drug-likeness (QED) is 0.674. The maximum absolute atomic E-state index is 13.6. The first-order valence-corrected chi connectivity index (χ1v) is 5.79. The van der Waals surface area contributed by atoms with Crippen LogP contribution in [0.5, 0.6) is 0 Å². The lowest BCUT2D eigenvalue weighted by Crippen LogP contribution is -2.02. The van der Waals surface area contributed by atoms with Crippen molar-refractivity contribution in [1.29, 1.82) is 0 Å². The van der Waals surface area contributed by atoms with E-state index in [0.29, 0.717) is 6.54 Å². The maximum Gasteiger partial charge on any atom is 0.272 e. The van der Waals surface area contributed by atoms with Crippen molar-refractivity contribution < 1.29 is 9.31 Å². The summed E-state index contributed by atoms with van der Waals surface area (Å²) in [5.74, 6) is -0.623. The molecule has 0 atom stereocenters. The first kappa shape index (κ1) is 13.0. The third-order valence-electron chi connectivity index (χ3n) is 2.73. The van der Waals surface area contributed by atoms with E-state index >= 15 is 0 Å². The normalized spacial score (nSPS) is 10.2. The predicted molar refractivity (Wildman–Crippen MR) is 71.6 cm³/mol. The Balaban J connectivity index is 2.10. The lowest BCUT2D eigenvalue weighted by molar-refractivity contribution is -0.385. The SMILES string of the molecule is Cc1cccc(CNc2ccc([N+](=O)[O-])cc2F)c1. The van der Waals surface area contributed by atoms with E-state index in [0.717, 1.165) is 17.2 Å². The van der Waals surface area contributed by atoms with Crippen LogP contribution in [0.3, 0.4) is 0 Å². The summed E-state index contributed by atoms with van der Waals surface area (Å²) in [6.45, 7) is 2.45. The van der Waals surface area contributed by atoms with Crippen LogP contribution in [0.15, 0.2) is 42.5 Å². The molecule has 0 saturated carbocycles. The summed E-state index contributed by atoms with van der Waals surface area (Å²) in [5, 5.41) is 13.4. The molecule has 0 heterocycles. The number of hydrogen-bond acceptors (Lipinski definition) is 3. The molecule has 0 aromatic heterocycles. The Hall–Kier alpha value is -2.43. The molecule has 0 amide bonds. The number of anilines is 1. The summed E-state index contributed by atoms with van der Waals surface area (Å²) < 4.78 is 13.6. The van der Waals surface area contributed by atoms with Crippen LogP contribution in [-0.4, -0.2) is 4.92 Å². The van der Waals surface area contributed by atoms with Crippen LogP contribution in [0, 0.1) is 22.9 Å². The average Bonchev–Trinajstić information content (AvgIpc) is 2.37. The van der Waals surface area contributed by atoms with Gasteiger partial charge in [0.15, 0.2) is 5.82 Å². The van der Waals surface area contributed by atoms with Gasteiger partial charge < -0.3 is 5.32 Å². The molecule has 0 fully saturated rings. The molecule has 2 aromatic rings. The van der Waals surface area contributed by atoms with Crippen molar-refractivity contribution >= 4 is 11.4 Å². The Morgan fingerprint density at radius 2 is 2.05 bits per heavy atom. The molecule has 0 spiro atoms. The zero-order valence-electron chi connectivity index (χ0n) is 10.4. The fourth-order valence-electron chi connectivity index (χ4n) is 1.78. The van der Waals surface area contributed by atoms with E-state index < -0.39 is 10.7 Å². The minimum atomic E-state index is -0.623. The molecule has 0 unspecified atom stereocenters. The molecule has 0 aliphatic rings. The number of benzene rings is 2. The number of nitro benzene ring substituents is 1. The Morgan fingerprint density at radius 3 is 2.68 bits per heavy atom. The summed E-state index contributed by atoms with van der Waals surface area (Å²) in [4.78, 5) is 9.88. The van der Waals surface area contributed by atoms with Gasteiger partial charge in [0.25, 0.3) is 5.69 Å². The van der Waals surface area contributed by atoms with Crippen LogP contribution in [0.1, 0.15) is 11.1 Å².